The fourth-order valence-corrected chi connectivity index (χ4v) is 3.25. The molecule has 170 valence electrons. The number of hydrogen-bond acceptors (Lipinski definition) is 3. The maximum Gasteiger partial charge on any atom is 0.326 e. The van der Waals surface area contributed by atoms with Gasteiger partial charge in [-0.3, -0.25) is 4.79 Å². The third-order valence-corrected chi connectivity index (χ3v) is 5.20. The van der Waals surface area contributed by atoms with Gasteiger partial charge < -0.3 is 21.1 Å². The molecule has 7 nitrogen and oxygen atoms in total. The van der Waals surface area contributed by atoms with Gasteiger partial charge >= 0.3 is 12.0 Å². The second kappa shape index (κ2) is 10.7. The zero-order chi connectivity index (χ0) is 24.0. The van der Waals surface area contributed by atoms with Crippen LogP contribution in [0.2, 0.25) is 5.02 Å². The highest BCUT2D eigenvalue weighted by Crippen LogP contribution is 2.22. The van der Waals surface area contributed by atoms with Crippen molar-refractivity contribution in [1.29, 1.82) is 0 Å². The molecular weight excluding hydrogens is 442 g/mol. The van der Waals surface area contributed by atoms with Gasteiger partial charge in [0.15, 0.2) is 0 Å². The lowest BCUT2D eigenvalue weighted by molar-refractivity contribution is -0.140. The van der Waals surface area contributed by atoms with E-state index >= 15 is 0 Å². The molecule has 0 saturated heterocycles. The number of benzene rings is 3. The predicted octanol–water partition coefficient (Wildman–Crippen LogP) is 5.49. The number of nitrogens with one attached hydrogen (secondary N) is 3. The van der Waals surface area contributed by atoms with Gasteiger partial charge in [-0.1, -0.05) is 49.7 Å². The largest absolute Gasteiger partial charge is 0.480 e. The number of carboxylic acids is 1. The van der Waals surface area contributed by atoms with E-state index in [0.29, 0.717) is 22.0 Å². The lowest BCUT2D eigenvalue weighted by Crippen LogP contribution is -2.44. The van der Waals surface area contributed by atoms with Crippen molar-refractivity contribution in [1.82, 2.24) is 5.32 Å². The van der Waals surface area contributed by atoms with Crippen molar-refractivity contribution >= 4 is 40.9 Å². The minimum absolute atomic E-state index is 0.230. The molecule has 3 amide bonds. The quantitative estimate of drug-likeness (QED) is 0.370. The molecule has 0 fully saturated rings. The van der Waals surface area contributed by atoms with Crippen molar-refractivity contribution in [3.8, 4) is 11.1 Å². The predicted molar refractivity (Wildman–Crippen MR) is 130 cm³/mol. The zero-order valence-corrected chi connectivity index (χ0v) is 18.9. The molecule has 33 heavy (non-hydrogen) atoms. The number of aliphatic carboxylic acids is 1. The lowest BCUT2D eigenvalue weighted by atomic mass is 10.0. The number of urea groups is 1. The third kappa shape index (κ3) is 6.57. The Bertz CT molecular complexity index is 1130. The Morgan fingerprint density at radius 1 is 0.758 bits per heavy atom. The number of halogens is 1. The standard InChI is InChI=1S/C25H24ClN3O4/c1-15(2)22(24(31)32)29-23(30)18-5-3-16(4-6-18)17-7-11-20(12-8-17)27-25(33)28-21-13-9-19(26)10-14-21/h3-15,22H,1-2H3,(H,29,30)(H,31,32)(H2,27,28,33)/t22-/m0/s1. The molecule has 0 bridgehead atoms. The summed E-state index contributed by atoms with van der Waals surface area (Å²) < 4.78 is 0. The smallest absolute Gasteiger partial charge is 0.326 e. The second-order valence-electron chi connectivity index (χ2n) is 7.77. The van der Waals surface area contributed by atoms with Crippen molar-refractivity contribution in [2.75, 3.05) is 10.6 Å². The van der Waals surface area contributed by atoms with E-state index in [1.54, 1.807) is 74.5 Å². The van der Waals surface area contributed by atoms with Crippen LogP contribution in [-0.2, 0) is 4.79 Å². The van der Waals surface area contributed by atoms with Gasteiger partial charge in [0.05, 0.1) is 0 Å². The average Bonchev–Trinajstić information content (AvgIpc) is 2.79. The summed E-state index contributed by atoms with van der Waals surface area (Å²) in [5, 5.41) is 17.9. The van der Waals surface area contributed by atoms with E-state index in [1.165, 1.54) is 0 Å². The summed E-state index contributed by atoms with van der Waals surface area (Å²) in [6.45, 7) is 3.48. The van der Waals surface area contributed by atoms with Crippen molar-refractivity contribution < 1.29 is 19.5 Å². The molecule has 1 atom stereocenters. The van der Waals surface area contributed by atoms with E-state index in [2.05, 4.69) is 16.0 Å². The fourth-order valence-electron chi connectivity index (χ4n) is 3.12. The molecule has 0 radical (unpaired) electrons. The molecule has 0 aliphatic heterocycles. The molecule has 3 rings (SSSR count). The molecule has 0 aliphatic carbocycles. The molecule has 3 aromatic carbocycles. The van der Waals surface area contributed by atoms with Crippen LogP contribution in [0.25, 0.3) is 11.1 Å². The average molecular weight is 466 g/mol. The molecule has 0 aliphatic rings. The van der Waals surface area contributed by atoms with E-state index < -0.39 is 17.9 Å². The first-order chi connectivity index (χ1) is 15.7. The van der Waals surface area contributed by atoms with Gasteiger partial charge in [0.2, 0.25) is 0 Å². The Hall–Kier alpha value is -3.84. The Morgan fingerprint density at radius 2 is 1.21 bits per heavy atom. The van der Waals surface area contributed by atoms with E-state index in [4.69, 9.17) is 11.6 Å². The van der Waals surface area contributed by atoms with Gasteiger partial charge in [-0.15, -0.1) is 0 Å². The van der Waals surface area contributed by atoms with Crippen LogP contribution in [0.1, 0.15) is 24.2 Å². The first kappa shape index (κ1) is 23.8. The highest BCUT2D eigenvalue weighted by molar-refractivity contribution is 6.30. The van der Waals surface area contributed by atoms with Crippen LogP contribution in [0.5, 0.6) is 0 Å². The van der Waals surface area contributed by atoms with Gasteiger partial charge in [0.25, 0.3) is 5.91 Å². The maximum atomic E-state index is 12.4. The van der Waals surface area contributed by atoms with E-state index in [-0.39, 0.29) is 11.9 Å². The topological polar surface area (TPSA) is 108 Å². The number of rotatable bonds is 7. The summed E-state index contributed by atoms with van der Waals surface area (Å²) in [5.41, 5.74) is 3.40. The van der Waals surface area contributed by atoms with Crippen molar-refractivity contribution in [2.24, 2.45) is 5.92 Å². The van der Waals surface area contributed by atoms with Crippen LogP contribution in [0.4, 0.5) is 16.2 Å². The van der Waals surface area contributed by atoms with Gasteiger partial charge in [0.1, 0.15) is 6.04 Å². The number of amides is 3. The lowest BCUT2D eigenvalue weighted by Gasteiger charge is -2.18. The Balaban J connectivity index is 1.61. The highest BCUT2D eigenvalue weighted by Gasteiger charge is 2.23. The third-order valence-electron chi connectivity index (χ3n) is 4.94. The Kier molecular flexibility index (Phi) is 7.69. The van der Waals surface area contributed by atoms with Crippen LogP contribution in [0.15, 0.2) is 72.8 Å². The van der Waals surface area contributed by atoms with E-state index in [1.807, 2.05) is 12.1 Å². The highest BCUT2D eigenvalue weighted by atomic mass is 35.5. The van der Waals surface area contributed by atoms with Gasteiger partial charge in [0, 0.05) is 22.0 Å². The van der Waals surface area contributed by atoms with Crippen LogP contribution in [0, 0.1) is 5.92 Å². The minimum atomic E-state index is -1.06. The molecule has 0 heterocycles. The van der Waals surface area contributed by atoms with Gasteiger partial charge in [-0.2, -0.15) is 0 Å². The number of carbonyl (C=O) groups is 3. The van der Waals surface area contributed by atoms with Crippen LogP contribution < -0.4 is 16.0 Å². The van der Waals surface area contributed by atoms with Gasteiger partial charge in [-0.05, 0) is 65.6 Å². The zero-order valence-electron chi connectivity index (χ0n) is 18.1. The molecular formula is C25H24ClN3O4. The maximum absolute atomic E-state index is 12.4. The summed E-state index contributed by atoms with van der Waals surface area (Å²) in [6, 6.07) is 19.6. The molecule has 0 saturated carbocycles. The van der Waals surface area contributed by atoms with E-state index in [0.717, 1.165) is 11.1 Å². The second-order valence-corrected chi connectivity index (χ2v) is 8.21. The Labute approximate surface area is 196 Å². The summed E-state index contributed by atoms with van der Waals surface area (Å²) in [5.74, 6) is -1.73. The van der Waals surface area contributed by atoms with E-state index in [9.17, 15) is 19.5 Å². The van der Waals surface area contributed by atoms with Crippen LogP contribution in [0.3, 0.4) is 0 Å². The van der Waals surface area contributed by atoms with Crippen LogP contribution >= 0.6 is 11.6 Å². The van der Waals surface area contributed by atoms with Crippen molar-refractivity contribution in [3.63, 3.8) is 0 Å². The summed E-state index contributed by atoms with van der Waals surface area (Å²) >= 11 is 5.84. The minimum Gasteiger partial charge on any atom is -0.480 e. The molecule has 8 heteroatoms. The van der Waals surface area contributed by atoms with Crippen molar-refractivity contribution in [2.45, 2.75) is 19.9 Å². The fraction of sp³-hybridized carbons (Fsp3) is 0.160. The summed E-state index contributed by atoms with van der Waals surface area (Å²) in [7, 11) is 0. The molecule has 0 unspecified atom stereocenters. The molecule has 3 aromatic rings. The SMILES string of the molecule is CC(C)[C@H](NC(=O)c1ccc(-c2ccc(NC(=O)Nc3ccc(Cl)cc3)cc2)cc1)C(=O)O. The van der Waals surface area contributed by atoms with Crippen molar-refractivity contribution in [3.05, 3.63) is 83.4 Å². The Morgan fingerprint density at radius 3 is 1.67 bits per heavy atom. The first-order valence-corrected chi connectivity index (χ1v) is 10.7. The van der Waals surface area contributed by atoms with Gasteiger partial charge in [-0.25, -0.2) is 9.59 Å². The van der Waals surface area contributed by atoms with Crippen LogP contribution in [-0.4, -0.2) is 29.1 Å². The number of hydrogen-bond donors (Lipinski definition) is 4. The number of carboxylic acid groups (broad SMARTS) is 1. The summed E-state index contributed by atoms with van der Waals surface area (Å²) in [6.07, 6.45) is 0. The monoisotopic (exact) mass is 465 g/mol. The molecule has 0 aromatic heterocycles. The molecule has 4 N–H and O–H groups in total. The molecule has 0 spiro atoms. The first-order valence-electron chi connectivity index (χ1n) is 10.3. The number of anilines is 2. The normalized spacial score (nSPS) is 11.5. The number of carbonyl (C=O) groups excluding carboxylic acids is 2. The summed E-state index contributed by atoms with van der Waals surface area (Å²) in [4.78, 5) is 35.8.